The third kappa shape index (κ3) is 2.75. The Balaban J connectivity index is 1.70. The molecule has 3 aliphatic rings. The predicted molar refractivity (Wildman–Crippen MR) is 101 cm³/mol. The van der Waals surface area contributed by atoms with E-state index in [1.807, 2.05) is 11.8 Å². The molecule has 1 saturated heterocycles. The molecule has 0 radical (unpaired) electrons. The zero-order valence-electron chi connectivity index (χ0n) is 15.1. The van der Waals surface area contributed by atoms with Gasteiger partial charge in [-0.25, -0.2) is 5.06 Å². The van der Waals surface area contributed by atoms with Crippen molar-refractivity contribution in [3.8, 4) is 0 Å². The van der Waals surface area contributed by atoms with Crippen molar-refractivity contribution in [3.63, 3.8) is 0 Å². The second-order valence-electron chi connectivity index (χ2n) is 7.23. The van der Waals surface area contributed by atoms with Crippen molar-refractivity contribution in [1.29, 1.82) is 0 Å². The van der Waals surface area contributed by atoms with E-state index in [-0.39, 0.29) is 11.4 Å². The van der Waals surface area contributed by atoms with Crippen LogP contribution in [0.5, 0.6) is 0 Å². The average molecular weight is 362 g/mol. The van der Waals surface area contributed by atoms with Gasteiger partial charge in [0.25, 0.3) is 0 Å². The lowest BCUT2D eigenvalue weighted by Crippen LogP contribution is -2.56. The number of hydrogen-bond donors (Lipinski definition) is 1. The number of hydrogen-bond acceptors (Lipinski definition) is 5. The van der Waals surface area contributed by atoms with Crippen LogP contribution >= 0.6 is 11.8 Å². The number of nitrogens with zero attached hydrogens (tertiary/aromatic N) is 2. The minimum absolute atomic E-state index is 0.0644. The normalized spacial score (nSPS) is 27.4. The molecule has 0 bridgehead atoms. The lowest BCUT2D eigenvalue weighted by Gasteiger charge is -2.47. The second kappa shape index (κ2) is 6.82. The first kappa shape index (κ1) is 17.2. The van der Waals surface area contributed by atoms with Gasteiger partial charge in [-0.3, -0.25) is 9.63 Å². The van der Waals surface area contributed by atoms with E-state index in [2.05, 4.69) is 28.4 Å². The molecular weight excluding hydrogens is 334 g/mol. The molecular formula is C19H27N3O2S. The number of carbonyl (C=O) groups is 1. The van der Waals surface area contributed by atoms with Crippen molar-refractivity contribution < 1.29 is 9.63 Å². The number of thioether (sulfide) groups is 1. The highest BCUT2D eigenvalue weighted by atomic mass is 32.2. The van der Waals surface area contributed by atoms with Crippen LogP contribution < -0.4 is 10.2 Å². The summed E-state index contributed by atoms with van der Waals surface area (Å²) in [5, 5.41) is 4.95. The van der Waals surface area contributed by atoms with E-state index in [9.17, 15) is 4.79 Å². The van der Waals surface area contributed by atoms with Gasteiger partial charge in [0.2, 0.25) is 5.91 Å². The molecule has 0 unspecified atom stereocenters. The van der Waals surface area contributed by atoms with E-state index in [0.717, 1.165) is 32.5 Å². The van der Waals surface area contributed by atoms with Crippen LogP contribution in [-0.4, -0.2) is 56.1 Å². The van der Waals surface area contributed by atoms with Crippen molar-refractivity contribution in [2.45, 2.75) is 42.0 Å². The van der Waals surface area contributed by atoms with Gasteiger partial charge < -0.3 is 10.2 Å². The number of carbonyl (C=O) groups excluding carboxylic acids is 1. The first-order chi connectivity index (χ1) is 12.2. The molecule has 25 heavy (non-hydrogen) atoms. The number of hydroxylamine groups is 2. The molecule has 0 saturated carbocycles. The van der Waals surface area contributed by atoms with Crippen LogP contribution in [0.15, 0.2) is 23.1 Å². The van der Waals surface area contributed by atoms with Crippen molar-refractivity contribution in [3.05, 3.63) is 23.8 Å². The highest BCUT2D eigenvalue weighted by Gasteiger charge is 2.53. The molecule has 1 aromatic carbocycles. The monoisotopic (exact) mass is 361 g/mol. The molecule has 0 spiro atoms. The Morgan fingerprint density at radius 1 is 1.52 bits per heavy atom. The zero-order valence-corrected chi connectivity index (χ0v) is 15.9. The molecule has 1 fully saturated rings. The number of nitrogens with one attached hydrogen (secondary N) is 1. The van der Waals surface area contributed by atoms with E-state index in [1.165, 1.54) is 33.4 Å². The van der Waals surface area contributed by atoms with Gasteiger partial charge in [0.1, 0.15) is 0 Å². The molecule has 6 heteroatoms. The van der Waals surface area contributed by atoms with Gasteiger partial charge in [-0.2, -0.15) is 0 Å². The fraction of sp³-hybridized carbons (Fsp3) is 0.632. The number of piperidine rings is 1. The first-order valence-electron chi connectivity index (χ1n) is 9.22. The van der Waals surface area contributed by atoms with E-state index < -0.39 is 0 Å². The van der Waals surface area contributed by atoms with Gasteiger partial charge in [0.15, 0.2) is 0 Å². The molecule has 1 amide bonds. The maximum Gasteiger partial charge on any atom is 0.245 e. The largest absolute Gasteiger partial charge is 0.364 e. The summed E-state index contributed by atoms with van der Waals surface area (Å²) >= 11 is 1.99. The second-order valence-corrected chi connectivity index (χ2v) is 8.37. The Kier molecular flexibility index (Phi) is 4.69. The molecule has 3 aliphatic heterocycles. The molecule has 0 aromatic heterocycles. The van der Waals surface area contributed by atoms with Crippen LogP contribution in [0.2, 0.25) is 0 Å². The fourth-order valence-electron chi connectivity index (χ4n) is 4.84. The van der Waals surface area contributed by atoms with Gasteiger partial charge in [-0.1, -0.05) is 12.1 Å². The third-order valence-electron chi connectivity index (χ3n) is 6.13. The standard InChI is InChI=1S/C19H27N3O2S/c1-21(24-2)17(23)7-8-19-9-10-20-13-15(19)14-5-3-6-16-18(14)22(19)11-4-12-25-16/h3,5-6,15,20H,4,7-13H2,1-2H3/t15-,19-/m0/s1. The molecule has 1 N–H and O–H groups in total. The number of amides is 1. The quantitative estimate of drug-likeness (QED) is 0.835. The van der Waals surface area contributed by atoms with Gasteiger partial charge >= 0.3 is 0 Å². The Hall–Kier alpha value is -1.24. The predicted octanol–water partition coefficient (Wildman–Crippen LogP) is 2.62. The van der Waals surface area contributed by atoms with E-state index >= 15 is 0 Å². The topological polar surface area (TPSA) is 44.8 Å². The van der Waals surface area contributed by atoms with Crippen molar-refractivity contribution in [1.82, 2.24) is 10.4 Å². The van der Waals surface area contributed by atoms with Crippen molar-refractivity contribution >= 4 is 23.4 Å². The minimum atomic E-state index is 0.0644. The van der Waals surface area contributed by atoms with Crippen LogP contribution in [0, 0.1) is 0 Å². The van der Waals surface area contributed by atoms with Crippen LogP contribution in [0.1, 0.15) is 37.2 Å². The van der Waals surface area contributed by atoms with Crippen LogP contribution in [0.4, 0.5) is 5.69 Å². The summed E-state index contributed by atoms with van der Waals surface area (Å²) in [6.07, 6.45) is 3.73. The summed E-state index contributed by atoms with van der Waals surface area (Å²) < 4.78 is 0. The molecule has 5 nitrogen and oxygen atoms in total. The summed E-state index contributed by atoms with van der Waals surface area (Å²) in [5.41, 5.74) is 3.00. The van der Waals surface area contributed by atoms with Gasteiger partial charge in [0.05, 0.1) is 18.3 Å². The summed E-state index contributed by atoms with van der Waals surface area (Å²) in [6, 6.07) is 6.78. The highest BCUT2D eigenvalue weighted by Crippen LogP contribution is 2.56. The van der Waals surface area contributed by atoms with Crippen LogP contribution in [0.3, 0.4) is 0 Å². The summed E-state index contributed by atoms with van der Waals surface area (Å²) in [7, 11) is 3.25. The summed E-state index contributed by atoms with van der Waals surface area (Å²) in [4.78, 5) is 21.6. The highest BCUT2D eigenvalue weighted by molar-refractivity contribution is 7.99. The van der Waals surface area contributed by atoms with Crippen molar-refractivity contribution in [2.75, 3.05) is 44.4 Å². The van der Waals surface area contributed by atoms with Crippen LogP contribution in [-0.2, 0) is 9.63 Å². The minimum Gasteiger partial charge on any atom is -0.364 e. The molecule has 1 aromatic rings. The smallest absolute Gasteiger partial charge is 0.245 e. The van der Waals surface area contributed by atoms with Gasteiger partial charge in [-0.05, 0) is 43.2 Å². The number of benzene rings is 1. The SMILES string of the molecule is CON(C)C(=O)CC[C@]12CCNC[C@H]1c1cccc3c1N2CCCS3. The van der Waals surface area contributed by atoms with Crippen LogP contribution in [0.25, 0.3) is 0 Å². The number of anilines is 1. The molecule has 2 atom stereocenters. The first-order valence-corrected chi connectivity index (χ1v) is 10.2. The number of rotatable bonds is 4. The maximum atomic E-state index is 12.4. The molecule has 0 aliphatic carbocycles. The van der Waals surface area contributed by atoms with Gasteiger partial charge in [-0.15, -0.1) is 11.8 Å². The molecule has 3 heterocycles. The molecule has 136 valence electrons. The maximum absolute atomic E-state index is 12.4. The van der Waals surface area contributed by atoms with E-state index in [0.29, 0.717) is 12.3 Å². The average Bonchev–Trinajstić information content (AvgIpc) is 2.77. The Bertz CT molecular complexity index is 668. The summed E-state index contributed by atoms with van der Waals surface area (Å²) in [5.74, 6) is 1.71. The third-order valence-corrected chi connectivity index (χ3v) is 7.26. The van der Waals surface area contributed by atoms with Crippen molar-refractivity contribution in [2.24, 2.45) is 0 Å². The number of fused-ring (bicyclic) bond motifs is 3. The Morgan fingerprint density at radius 2 is 2.40 bits per heavy atom. The fourth-order valence-corrected chi connectivity index (χ4v) is 5.88. The Morgan fingerprint density at radius 3 is 3.24 bits per heavy atom. The van der Waals surface area contributed by atoms with E-state index in [4.69, 9.17) is 4.84 Å². The lowest BCUT2D eigenvalue weighted by molar-refractivity contribution is -0.169. The number of para-hydroxylation sites is 1. The lowest BCUT2D eigenvalue weighted by atomic mass is 9.74. The van der Waals surface area contributed by atoms with E-state index in [1.54, 1.807) is 14.2 Å². The zero-order chi connectivity index (χ0) is 17.4. The summed E-state index contributed by atoms with van der Waals surface area (Å²) in [6.45, 7) is 3.13. The van der Waals surface area contributed by atoms with Gasteiger partial charge in [0, 0.05) is 37.4 Å². The molecule has 4 rings (SSSR count). The Labute approximate surface area is 154 Å².